The van der Waals surface area contributed by atoms with Gasteiger partial charge in [0.1, 0.15) is 11.9 Å². The largest absolute Gasteiger partial charge is 0.416 e. The zero-order valence-corrected chi connectivity index (χ0v) is 13.5. The van der Waals surface area contributed by atoms with Crippen molar-refractivity contribution in [2.24, 2.45) is 0 Å². The average molecular weight is 346 g/mol. The number of hydrogen-bond donors (Lipinski definition) is 0. The van der Waals surface area contributed by atoms with Crippen LogP contribution in [-0.4, -0.2) is 36.1 Å². The molecule has 7 heteroatoms. The molecule has 130 valence electrons. The highest BCUT2D eigenvalue weighted by atomic mass is 19.4. The predicted octanol–water partition coefficient (Wildman–Crippen LogP) is 3.29. The second-order valence-electron chi connectivity index (χ2n) is 5.98. The summed E-state index contributed by atoms with van der Waals surface area (Å²) >= 11 is 0. The summed E-state index contributed by atoms with van der Waals surface area (Å²) < 4.78 is 38.4. The maximum Gasteiger partial charge on any atom is 0.416 e. The van der Waals surface area contributed by atoms with E-state index in [2.05, 4.69) is 14.8 Å². The Kier molecular flexibility index (Phi) is 4.91. The minimum Gasteiger partial charge on any atom is -0.354 e. The summed E-state index contributed by atoms with van der Waals surface area (Å²) in [5.41, 5.74) is 0.581. The van der Waals surface area contributed by atoms with Gasteiger partial charge in [0.2, 0.25) is 0 Å². The second-order valence-corrected chi connectivity index (χ2v) is 5.98. The summed E-state index contributed by atoms with van der Waals surface area (Å²) in [6, 6.07) is 11.1. The first-order valence-corrected chi connectivity index (χ1v) is 7.95. The van der Waals surface area contributed by atoms with Crippen LogP contribution in [-0.2, 0) is 12.7 Å². The molecule has 0 unspecified atom stereocenters. The zero-order chi connectivity index (χ0) is 17.9. The summed E-state index contributed by atoms with van der Waals surface area (Å²) in [5, 5.41) is 8.80. The van der Waals surface area contributed by atoms with Crippen LogP contribution in [0.2, 0.25) is 0 Å². The quantitative estimate of drug-likeness (QED) is 0.855. The van der Waals surface area contributed by atoms with Gasteiger partial charge in [-0.2, -0.15) is 18.4 Å². The van der Waals surface area contributed by atoms with E-state index in [1.54, 1.807) is 18.3 Å². The summed E-state index contributed by atoms with van der Waals surface area (Å²) in [7, 11) is 0. The summed E-state index contributed by atoms with van der Waals surface area (Å²) in [6.07, 6.45) is -2.76. The number of pyridine rings is 1. The molecule has 1 fully saturated rings. The van der Waals surface area contributed by atoms with Gasteiger partial charge in [-0.05, 0) is 23.8 Å². The minimum absolute atomic E-state index is 0.499. The Morgan fingerprint density at radius 1 is 1.08 bits per heavy atom. The van der Waals surface area contributed by atoms with E-state index in [1.807, 2.05) is 12.1 Å². The van der Waals surface area contributed by atoms with Gasteiger partial charge in [0, 0.05) is 38.9 Å². The van der Waals surface area contributed by atoms with Crippen molar-refractivity contribution in [1.29, 1.82) is 5.26 Å². The van der Waals surface area contributed by atoms with Crippen LogP contribution in [0.1, 0.15) is 16.7 Å². The topological polar surface area (TPSA) is 43.2 Å². The highest BCUT2D eigenvalue weighted by Gasteiger charge is 2.30. The third kappa shape index (κ3) is 4.28. The standard InChI is InChI=1S/C18H17F3N4/c19-18(20,21)16-3-1-2-14(10-16)13-24-6-8-25(9-7-24)17-5-4-15(11-22)12-23-17/h1-5,10,12H,6-9,13H2. The SMILES string of the molecule is N#Cc1ccc(N2CCN(Cc3cccc(C(F)(F)F)c3)CC2)nc1. The Balaban J connectivity index is 1.58. The van der Waals surface area contributed by atoms with Gasteiger partial charge in [-0.3, -0.25) is 4.90 Å². The van der Waals surface area contributed by atoms with Crippen LogP contribution >= 0.6 is 0 Å². The minimum atomic E-state index is -4.31. The van der Waals surface area contributed by atoms with Gasteiger partial charge in [-0.15, -0.1) is 0 Å². The number of anilines is 1. The number of piperazine rings is 1. The molecule has 0 saturated carbocycles. The number of alkyl halides is 3. The van der Waals surface area contributed by atoms with Crippen LogP contribution in [0, 0.1) is 11.3 Å². The van der Waals surface area contributed by atoms with Crippen molar-refractivity contribution in [1.82, 2.24) is 9.88 Å². The van der Waals surface area contributed by atoms with E-state index >= 15 is 0 Å². The Hall–Kier alpha value is -2.59. The lowest BCUT2D eigenvalue weighted by Gasteiger charge is -2.35. The van der Waals surface area contributed by atoms with Crippen molar-refractivity contribution in [3.8, 4) is 6.07 Å². The second kappa shape index (κ2) is 7.11. The summed E-state index contributed by atoms with van der Waals surface area (Å²) in [4.78, 5) is 8.53. The fraction of sp³-hybridized carbons (Fsp3) is 0.333. The lowest BCUT2D eigenvalue weighted by Crippen LogP contribution is -2.46. The van der Waals surface area contributed by atoms with Crippen molar-refractivity contribution in [3.63, 3.8) is 0 Å². The third-order valence-corrected chi connectivity index (χ3v) is 4.23. The van der Waals surface area contributed by atoms with Crippen molar-refractivity contribution < 1.29 is 13.2 Å². The Morgan fingerprint density at radius 3 is 2.44 bits per heavy atom. The number of aromatic nitrogens is 1. The first kappa shape index (κ1) is 17.2. The highest BCUT2D eigenvalue weighted by Crippen LogP contribution is 2.29. The van der Waals surface area contributed by atoms with Crippen LogP contribution in [0.25, 0.3) is 0 Å². The first-order chi connectivity index (χ1) is 12.0. The van der Waals surface area contributed by atoms with E-state index in [0.717, 1.165) is 38.1 Å². The molecule has 1 aliphatic rings. The number of nitrogens with zero attached hydrogens (tertiary/aromatic N) is 4. The fourth-order valence-corrected chi connectivity index (χ4v) is 2.88. The van der Waals surface area contributed by atoms with E-state index < -0.39 is 11.7 Å². The van der Waals surface area contributed by atoms with Gasteiger partial charge < -0.3 is 4.90 Å². The van der Waals surface area contributed by atoms with E-state index in [0.29, 0.717) is 17.7 Å². The molecule has 1 aromatic heterocycles. The average Bonchev–Trinajstić information content (AvgIpc) is 2.62. The van der Waals surface area contributed by atoms with Crippen molar-refractivity contribution >= 4 is 5.82 Å². The van der Waals surface area contributed by atoms with Crippen molar-refractivity contribution in [2.45, 2.75) is 12.7 Å². The molecule has 0 spiro atoms. The fourth-order valence-electron chi connectivity index (χ4n) is 2.88. The van der Waals surface area contributed by atoms with Crippen LogP contribution in [0.3, 0.4) is 0 Å². The van der Waals surface area contributed by atoms with Gasteiger partial charge in [-0.25, -0.2) is 4.98 Å². The van der Waals surface area contributed by atoms with Crippen molar-refractivity contribution in [3.05, 3.63) is 59.3 Å². The van der Waals surface area contributed by atoms with E-state index in [9.17, 15) is 13.2 Å². The van der Waals surface area contributed by atoms with E-state index in [1.165, 1.54) is 12.1 Å². The van der Waals surface area contributed by atoms with Crippen LogP contribution in [0.5, 0.6) is 0 Å². The van der Waals surface area contributed by atoms with Gasteiger partial charge in [-0.1, -0.05) is 18.2 Å². The van der Waals surface area contributed by atoms with Crippen LogP contribution < -0.4 is 4.90 Å². The van der Waals surface area contributed by atoms with E-state index in [-0.39, 0.29) is 0 Å². The number of rotatable bonds is 3. The maximum absolute atomic E-state index is 12.8. The Labute approximate surface area is 144 Å². The summed E-state index contributed by atoms with van der Waals surface area (Å²) in [5.74, 6) is 0.817. The molecule has 1 saturated heterocycles. The predicted molar refractivity (Wildman–Crippen MR) is 87.9 cm³/mol. The van der Waals surface area contributed by atoms with Gasteiger partial charge in [0.05, 0.1) is 11.1 Å². The molecule has 2 aromatic rings. The number of halogens is 3. The number of hydrogen-bond acceptors (Lipinski definition) is 4. The smallest absolute Gasteiger partial charge is 0.354 e. The molecule has 0 N–H and O–H groups in total. The molecule has 1 aromatic carbocycles. The molecule has 2 heterocycles. The normalized spacial score (nSPS) is 15.8. The monoisotopic (exact) mass is 346 g/mol. The Bertz CT molecular complexity index is 757. The number of nitriles is 1. The summed E-state index contributed by atoms with van der Waals surface area (Å²) in [6.45, 7) is 3.49. The third-order valence-electron chi connectivity index (χ3n) is 4.23. The van der Waals surface area contributed by atoms with Gasteiger partial charge >= 0.3 is 6.18 Å². The van der Waals surface area contributed by atoms with Gasteiger partial charge in [0.25, 0.3) is 0 Å². The molecule has 0 bridgehead atoms. The molecule has 3 rings (SSSR count). The molecule has 0 radical (unpaired) electrons. The van der Waals surface area contributed by atoms with E-state index in [4.69, 9.17) is 5.26 Å². The Morgan fingerprint density at radius 2 is 1.84 bits per heavy atom. The molecule has 0 atom stereocenters. The van der Waals surface area contributed by atoms with Crippen LogP contribution in [0.15, 0.2) is 42.6 Å². The molecule has 25 heavy (non-hydrogen) atoms. The maximum atomic E-state index is 12.8. The molecule has 0 amide bonds. The lowest BCUT2D eigenvalue weighted by molar-refractivity contribution is -0.137. The highest BCUT2D eigenvalue weighted by molar-refractivity contribution is 5.42. The van der Waals surface area contributed by atoms with Crippen molar-refractivity contribution in [2.75, 3.05) is 31.1 Å². The lowest BCUT2D eigenvalue weighted by atomic mass is 10.1. The van der Waals surface area contributed by atoms with Crippen LogP contribution in [0.4, 0.5) is 19.0 Å². The molecule has 0 aliphatic carbocycles. The molecule has 1 aliphatic heterocycles. The number of benzene rings is 1. The first-order valence-electron chi connectivity index (χ1n) is 7.95. The molecular formula is C18H17F3N4. The zero-order valence-electron chi connectivity index (χ0n) is 13.5. The molecular weight excluding hydrogens is 329 g/mol. The van der Waals surface area contributed by atoms with Gasteiger partial charge in [0.15, 0.2) is 0 Å². The molecule has 4 nitrogen and oxygen atoms in total.